The molecule has 0 aliphatic heterocycles. The van der Waals surface area contributed by atoms with Crippen LogP contribution >= 0.6 is 0 Å². The third-order valence-corrected chi connectivity index (χ3v) is 2.41. The lowest BCUT2D eigenvalue weighted by Crippen LogP contribution is -2.09. The molecule has 1 aromatic rings. The van der Waals surface area contributed by atoms with Crippen molar-refractivity contribution in [1.29, 1.82) is 0 Å². The van der Waals surface area contributed by atoms with E-state index in [9.17, 15) is 13.2 Å². The molecule has 0 aliphatic carbocycles. The topological polar surface area (TPSA) is 72.5 Å². The molecule has 1 rings (SSSR count). The Kier molecular flexibility index (Phi) is 4.28. The molecule has 92 valence electrons. The normalized spacial score (nSPS) is 11.4. The van der Waals surface area contributed by atoms with Gasteiger partial charge in [0.15, 0.2) is 0 Å². The van der Waals surface area contributed by atoms with Gasteiger partial charge in [0.05, 0.1) is 13.4 Å². The first kappa shape index (κ1) is 13.2. The second-order valence-corrected chi connectivity index (χ2v) is 5.10. The highest BCUT2D eigenvalue weighted by molar-refractivity contribution is 7.92. The van der Waals surface area contributed by atoms with E-state index in [1.807, 2.05) is 0 Å². The fourth-order valence-corrected chi connectivity index (χ4v) is 1.71. The summed E-state index contributed by atoms with van der Waals surface area (Å²) in [5.41, 5.74) is 1.14. The number of esters is 1. The predicted octanol–water partition coefficient (Wildman–Crippen LogP) is 1.24. The zero-order valence-electron chi connectivity index (χ0n) is 9.51. The summed E-state index contributed by atoms with van der Waals surface area (Å²) in [6, 6.07) is 6.66. The molecule has 1 N–H and O–H groups in total. The Morgan fingerprint density at radius 1 is 1.41 bits per heavy atom. The number of anilines is 1. The van der Waals surface area contributed by atoms with Gasteiger partial charge in [-0.2, -0.15) is 0 Å². The lowest BCUT2D eigenvalue weighted by atomic mass is 10.2. The number of hydrogen-bond acceptors (Lipinski definition) is 4. The average molecular weight is 255 g/mol. The molecule has 5 nitrogen and oxygen atoms in total. The fourth-order valence-electron chi connectivity index (χ4n) is 1.15. The molecule has 0 saturated carbocycles. The molecule has 0 radical (unpaired) electrons. The number of carbonyl (C=O) groups is 1. The van der Waals surface area contributed by atoms with Crippen molar-refractivity contribution in [3.63, 3.8) is 0 Å². The van der Waals surface area contributed by atoms with Gasteiger partial charge in [-0.05, 0) is 23.8 Å². The van der Waals surface area contributed by atoms with Crippen molar-refractivity contribution in [1.82, 2.24) is 0 Å². The molecular weight excluding hydrogens is 242 g/mol. The van der Waals surface area contributed by atoms with Crippen LogP contribution in [-0.4, -0.2) is 27.8 Å². The molecule has 0 aliphatic rings. The largest absolute Gasteiger partial charge is 0.466 e. The number of nitrogens with one attached hydrogen (secondary N) is 1. The van der Waals surface area contributed by atoms with Crippen LogP contribution in [0.5, 0.6) is 0 Å². The lowest BCUT2D eigenvalue weighted by Gasteiger charge is -2.04. The minimum absolute atomic E-state index is 0.444. The number of benzene rings is 1. The summed E-state index contributed by atoms with van der Waals surface area (Å²) >= 11 is 0. The summed E-state index contributed by atoms with van der Waals surface area (Å²) in [6.45, 7) is 0. The van der Waals surface area contributed by atoms with Crippen LogP contribution in [-0.2, 0) is 19.6 Å². The van der Waals surface area contributed by atoms with Gasteiger partial charge in [0.1, 0.15) is 0 Å². The first-order valence-electron chi connectivity index (χ1n) is 4.74. The van der Waals surface area contributed by atoms with Crippen molar-refractivity contribution < 1.29 is 17.9 Å². The van der Waals surface area contributed by atoms with Gasteiger partial charge in [0.2, 0.25) is 10.0 Å². The van der Waals surface area contributed by atoms with Gasteiger partial charge < -0.3 is 4.74 Å². The second-order valence-electron chi connectivity index (χ2n) is 3.36. The number of ether oxygens (including phenoxy) is 1. The Bertz CT molecular complexity index is 534. The number of rotatable bonds is 4. The van der Waals surface area contributed by atoms with Gasteiger partial charge in [0.25, 0.3) is 0 Å². The van der Waals surface area contributed by atoms with Crippen LogP contribution in [0.25, 0.3) is 6.08 Å². The van der Waals surface area contributed by atoms with E-state index in [1.165, 1.54) is 13.2 Å². The quantitative estimate of drug-likeness (QED) is 0.649. The van der Waals surface area contributed by atoms with Crippen LogP contribution in [0.1, 0.15) is 5.56 Å². The summed E-state index contributed by atoms with van der Waals surface area (Å²) in [5, 5.41) is 0. The molecule has 0 saturated heterocycles. The van der Waals surface area contributed by atoms with Crippen LogP contribution in [0, 0.1) is 0 Å². The Morgan fingerprint density at radius 2 is 2.12 bits per heavy atom. The zero-order chi connectivity index (χ0) is 12.9. The predicted molar refractivity (Wildman–Crippen MR) is 66.0 cm³/mol. The molecule has 0 heterocycles. The van der Waals surface area contributed by atoms with Gasteiger partial charge in [-0.3, -0.25) is 4.72 Å². The maximum Gasteiger partial charge on any atom is 0.330 e. The van der Waals surface area contributed by atoms with Crippen LogP contribution in [0.3, 0.4) is 0 Å². The molecule has 0 fully saturated rings. The first-order valence-corrected chi connectivity index (χ1v) is 6.64. The van der Waals surface area contributed by atoms with E-state index in [-0.39, 0.29) is 0 Å². The molecule has 0 bridgehead atoms. The minimum Gasteiger partial charge on any atom is -0.466 e. The molecular formula is C11H13NO4S. The van der Waals surface area contributed by atoms with Gasteiger partial charge in [-0.1, -0.05) is 12.1 Å². The van der Waals surface area contributed by atoms with Crippen LogP contribution < -0.4 is 4.72 Å². The average Bonchev–Trinajstić information content (AvgIpc) is 2.24. The molecule has 0 unspecified atom stereocenters. The van der Waals surface area contributed by atoms with Crippen LogP contribution in [0.4, 0.5) is 5.69 Å². The number of sulfonamides is 1. The smallest absolute Gasteiger partial charge is 0.330 e. The SMILES string of the molecule is COC(=O)/C=C/c1cccc(NS(C)(=O)=O)c1. The highest BCUT2D eigenvalue weighted by Gasteiger charge is 2.01. The van der Waals surface area contributed by atoms with Gasteiger partial charge in [-0.15, -0.1) is 0 Å². The van der Waals surface area contributed by atoms with E-state index < -0.39 is 16.0 Å². The van der Waals surface area contributed by atoms with E-state index in [4.69, 9.17) is 0 Å². The van der Waals surface area contributed by atoms with Crippen molar-refractivity contribution in [2.75, 3.05) is 18.1 Å². The number of hydrogen-bond donors (Lipinski definition) is 1. The summed E-state index contributed by atoms with van der Waals surface area (Å²) in [5.74, 6) is -0.466. The maximum absolute atomic E-state index is 11.0. The summed E-state index contributed by atoms with van der Waals surface area (Å²) in [6.07, 6.45) is 3.88. The highest BCUT2D eigenvalue weighted by Crippen LogP contribution is 2.13. The Hall–Kier alpha value is -1.82. The van der Waals surface area contributed by atoms with Gasteiger partial charge in [0, 0.05) is 11.8 Å². The Balaban J connectivity index is 2.86. The highest BCUT2D eigenvalue weighted by atomic mass is 32.2. The third kappa shape index (κ3) is 5.17. The van der Waals surface area contributed by atoms with Gasteiger partial charge >= 0.3 is 5.97 Å². The Morgan fingerprint density at radius 3 is 2.71 bits per heavy atom. The zero-order valence-corrected chi connectivity index (χ0v) is 10.3. The molecule has 1 aromatic carbocycles. The molecule has 0 atom stereocenters. The molecule has 0 amide bonds. The second kappa shape index (κ2) is 5.49. The minimum atomic E-state index is -3.30. The number of methoxy groups -OCH3 is 1. The molecule has 6 heteroatoms. The van der Waals surface area contributed by atoms with E-state index in [2.05, 4.69) is 9.46 Å². The van der Waals surface area contributed by atoms with Crippen molar-refractivity contribution >= 4 is 27.8 Å². The standard InChI is InChI=1S/C11H13NO4S/c1-16-11(13)7-6-9-4-3-5-10(8-9)12-17(2,14)15/h3-8,12H,1-2H3/b7-6+. The van der Waals surface area contributed by atoms with E-state index in [0.29, 0.717) is 11.3 Å². The van der Waals surface area contributed by atoms with E-state index in [0.717, 1.165) is 6.26 Å². The van der Waals surface area contributed by atoms with E-state index in [1.54, 1.807) is 30.3 Å². The van der Waals surface area contributed by atoms with Gasteiger partial charge in [-0.25, -0.2) is 13.2 Å². The van der Waals surface area contributed by atoms with Crippen molar-refractivity contribution in [2.24, 2.45) is 0 Å². The molecule has 0 aromatic heterocycles. The first-order chi connectivity index (χ1) is 7.90. The summed E-state index contributed by atoms with van der Waals surface area (Å²) < 4.78 is 28.8. The van der Waals surface area contributed by atoms with E-state index >= 15 is 0 Å². The van der Waals surface area contributed by atoms with Crippen molar-refractivity contribution in [3.8, 4) is 0 Å². The maximum atomic E-state index is 11.0. The monoisotopic (exact) mass is 255 g/mol. The lowest BCUT2D eigenvalue weighted by molar-refractivity contribution is -0.134. The third-order valence-electron chi connectivity index (χ3n) is 1.80. The van der Waals surface area contributed by atoms with Crippen molar-refractivity contribution in [2.45, 2.75) is 0 Å². The molecule has 0 spiro atoms. The molecule has 17 heavy (non-hydrogen) atoms. The Labute approximate surface area is 100 Å². The van der Waals surface area contributed by atoms with Crippen molar-refractivity contribution in [3.05, 3.63) is 35.9 Å². The van der Waals surface area contributed by atoms with Crippen LogP contribution in [0.2, 0.25) is 0 Å². The number of carbonyl (C=O) groups excluding carboxylic acids is 1. The van der Waals surface area contributed by atoms with Crippen LogP contribution in [0.15, 0.2) is 30.3 Å². The fraction of sp³-hybridized carbons (Fsp3) is 0.182. The summed E-state index contributed by atoms with van der Waals surface area (Å²) in [7, 11) is -2.01. The summed E-state index contributed by atoms with van der Waals surface area (Å²) in [4.78, 5) is 10.9.